The molecule has 1 aromatic rings. The Bertz CT molecular complexity index is 796. The topological polar surface area (TPSA) is 83.5 Å². The minimum atomic E-state index is -3.41. The summed E-state index contributed by atoms with van der Waals surface area (Å²) in [5, 5.41) is 3.36. The van der Waals surface area contributed by atoms with Gasteiger partial charge >= 0.3 is 0 Å². The van der Waals surface area contributed by atoms with Crippen molar-refractivity contribution in [2.24, 2.45) is 4.99 Å². The lowest BCUT2D eigenvalue weighted by Crippen LogP contribution is -2.53. The summed E-state index contributed by atoms with van der Waals surface area (Å²) in [4.78, 5) is 7.28. The molecule has 1 N–H and O–H groups in total. The zero-order chi connectivity index (χ0) is 20.9. The fourth-order valence-electron chi connectivity index (χ4n) is 3.56. The Morgan fingerprint density at radius 3 is 2.50 bits per heavy atom. The van der Waals surface area contributed by atoms with Crippen molar-refractivity contribution in [3.63, 3.8) is 0 Å². The van der Waals surface area contributed by atoms with Crippen LogP contribution in [0.1, 0.15) is 25.3 Å². The highest BCUT2D eigenvalue weighted by molar-refractivity contribution is 14.0. The van der Waals surface area contributed by atoms with Gasteiger partial charge in [0.25, 0.3) is 0 Å². The molecule has 2 aliphatic rings. The van der Waals surface area contributed by atoms with E-state index in [-0.39, 0.29) is 41.1 Å². The van der Waals surface area contributed by atoms with Crippen LogP contribution in [-0.2, 0) is 26.0 Å². The molecule has 0 amide bonds. The lowest BCUT2D eigenvalue weighted by Gasteiger charge is -2.37. The summed E-state index contributed by atoms with van der Waals surface area (Å²) in [6.07, 6.45) is 2.39. The smallest absolute Gasteiger partial charge is 0.242 e. The number of ether oxygens (including phenoxy) is 2. The van der Waals surface area contributed by atoms with Gasteiger partial charge in [-0.1, -0.05) is 12.1 Å². The molecule has 10 heteroatoms. The molecule has 0 aliphatic carbocycles. The van der Waals surface area contributed by atoms with Crippen molar-refractivity contribution in [3.8, 4) is 0 Å². The van der Waals surface area contributed by atoms with Crippen LogP contribution in [0.3, 0.4) is 0 Å². The van der Waals surface area contributed by atoms with E-state index in [0.29, 0.717) is 13.2 Å². The molecule has 3 rings (SSSR count). The van der Waals surface area contributed by atoms with Gasteiger partial charge in [0.05, 0.1) is 24.2 Å². The monoisotopic (exact) mass is 552 g/mol. The van der Waals surface area contributed by atoms with Crippen LogP contribution >= 0.6 is 24.0 Å². The first-order valence-electron chi connectivity index (χ1n) is 10.2. The molecule has 8 nitrogen and oxygen atoms in total. The first-order chi connectivity index (χ1) is 13.9. The number of hydrogen-bond donors (Lipinski definition) is 1. The fourth-order valence-corrected chi connectivity index (χ4v) is 4.46. The number of nitrogens with one attached hydrogen (secondary N) is 1. The molecule has 0 spiro atoms. The lowest BCUT2D eigenvalue weighted by atomic mass is 10.1. The van der Waals surface area contributed by atoms with Crippen LogP contribution in [0, 0.1) is 0 Å². The molecule has 0 aromatic heterocycles. The Morgan fingerprint density at radius 2 is 1.90 bits per heavy atom. The van der Waals surface area contributed by atoms with Crippen LogP contribution in [0.2, 0.25) is 0 Å². The van der Waals surface area contributed by atoms with E-state index in [2.05, 4.69) is 17.1 Å². The molecular formula is C20H33IN4O4S. The van der Waals surface area contributed by atoms with Gasteiger partial charge in [0, 0.05) is 40.3 Å². The van der Waals surface area contributed by atoms with E-state index in [4.69, 9.17) is 14.5 Å². The molecule has 1 aromatic carbocycles. The fraction of sp³-hybridized carbons (Fsp3) is 0.650. The summed E-state index contributed by atoms with van der Waals surface area (Å²) >= 11 is 0. The third-order valence-electron chi connectivity index (χ3n) is 5.22. The third kappa shape index (κ3) is 6.28. The normalized spacial score (nSPS) is 22.8. The number of sulfonamides is 1. The summed E-state index contributed by atoms with van der Waals surface area (Å²) in [5.74, 6) is 0.851. The number of morpholine rings is 1. The summed E-state index contributed by atoms with van der Waals surface area (Å²) in [5.41, 5.74) is 0.960. The van der Waals surface area contributed by atoms with Gasteiger partial charge in [0.15, 0.2) is 5.96 Å². The summed E-state index contributed by atoms with van der Waals surface area (Å²) in [6, 6.07) is 6.90. The number of nitrogens with zero attached hydrogens (tertiary/aromatic N) is 3. The van der Waals surface area contributed by atoms with Gasteiger partial charge in [-0.05, 0) is 37.5 Å². The Morgan fingerprint density at radius 1 is 1.20 bits per heavy atom. The second-order valence-corrected chi connectivity index (χ2v) is 9.66. The van der Waals surface area contributed by atoms with Gasteiger partial charge in [0.1, 0.15) is 6.10 Å². The van der Waals surface area contributed by atoms with Gasteiger partial charge < -0.3 is 19.7 Å². The van der Waals surface area contributed by atoms with Crippen LogP contribution in [0.4, 0.5) is 0 Å². The van der Waals surface area contributed by atoms with Crippen LogP contribution in [-0.4, -0.2) is 82.7 Å². The number of halogens is 1. The first-order valence-corrected chi connectivity index (χ1v) is 11.6. The second-order valence-electron chi connectivity index (χ2n) is 7.51. The highest BCUT2D eigenvalue weighted by atomic mass is 127. The molecule has 2 unspecified atom stereocenters. The van der Waals surface area contributed by atoms with E-state index in [0.717, 1.165) is 50.6 Å². The maximum atomic E-state index is 12.2. The Labute approximate surface area is 197 Å². The molecule has 2 fully saturated rings. The number of rotatable bonds is 6. The maximum Gasteiger partial charge on any atom is 0.242 e. The Balaban J connectivity index is 0.00000320. The molecular weight excluding hydrogens is 519 g/mol. The minimum Gasteiger partial charge on any atom is -0.375 e. The molecule has 0 bridgehead atoms. The van der Waals surface area contributed by atoms with Gasteiger partial charge in [0.2, 0.25) is 10.0 Å². The predicted molar refractivity (Wildman–Crippen MR) is 128 cm³/mol. The average molecular weight is 552 g/mol. The quantitative estimate of drug-likeness (QED) is 0.330. The maximum absolute atomic E-state index is 12.2. The SMILES string of the molecule is CCNC(=NCc1ccc(S(=O)(=O)N(C)C)cc1)N1CCOC(C2CCCO2)C1.I. The molecule has 0 radical (unpaired) electrons. The molecule has 30 heavy (non-hydrogen) atoms. The zero-order valence-electron chi connectivity index (χ0n) is 17.9. The second kappa shape index (κ2) is 11.6. The number of aliphatic imine (C=N–C) groups is 1. The van der Waals surface area contributed by atoms with E-state index >= 15 is 0 Å². The number of guanidine groups is 1. The van der Waals surface area contributed by atoms with Gasteiger partial charge in [-0.3, -0.25) is 0 Å². The molecule has 2 atom stereocenters. The molecule has 2 heterocycles. The van der Waals surface area contributed by atoms with Gasteiger partial charge in [-0.25, -0.2) is 17.7 Å². The molecule has 0 saturated carbocycles. The third-order valence-corrected chi connectivity index (χ3v) is 7.05. The standard InChI is InChI=1S/C20H32N4O4S.HI/c1-4-21-20(24-11-13-28-19(15-24)18-6-5-12-27-18)22-14-16-7-9-17(10-8-16)29(25,26)23(2)3;/h7-10,18-19H,4-6,11-15H2,1-3H3,(H,21,22);1H. The Hall–Kier alpha value is -0.950. The summed E-state index contributed by atoms with van der Waals surface area (Å²) in [6.45, 7) is 6.33. The van der Waals surface area contributed by atoms with E-state index < -0.39 is 10.0 Å². The van der Waals surface area contributed by atoms with E-state index in [1.165, 1.54) is 18.4 Å². The molecule has 170 valence electrons. The summed E-state index contributed by atoms with van der Waals surface area (Å²) < 4.78 is 37.4. The van der Waals surface area contributed by atoms with Crippen molar-refractivity contribution >= 4 is 40.0 Å². The van der Waals surface area contributed by atoms with Crippen LogP contribution in [0.5, 0.6) is 0 Å². The van der Waals surface area contributed by atoms with Crippen LogP contribution in [0.15, 0.2) is 34.2 Å². The van der Waals surface area contributed by atoms with Crippen molar-refractivity contribution < 1.29 is 17.9 Å². The largest absolute Gasteiger partial charge is 0.375 e. The highest BCUT2D eigenvalue weighted by Gasteiger charge is 2.32. The van der Waals surface area contributed by atoms with Crippen molar-refractivity contribution in [2.75, 3.05) is 46.9 Å². The van der Waals surface area contributed by atoms with Gasteiger partial charge in [-0.15, -0.1) is 24.0 Å². The molecule has 2 saturated heterocycles. The molecule has 2 aliphatic heterocycles. The Kier molecular flexibility index (Phi) is 9.79. The van der Waals surface area contributed by atoms with Crippen molar-refractivity contribution in [1.82, 2.24) is 14.5 Å². The predicted octanol–water partition coefficient (Wildman–Crippen LogP) is 1.90. The van der Waals surface area contributed by atoms with Crippen LogP contribution < -0.4 is 5.32 Å². The van der Waals surface area contributed by atoms with Crippen LogP contribution in [0.25, 0.3) is 0 Å². The van der Waals surface area contributed by atoms with E-state index in [9.17, 15) is 8.42 Å². The lowest BCUT2D eigenvalue weighted by molar-refractivity contribution is -0.0817. The number of hydrogen-bond acceptors (Lipinski definition) is 5. The highest BCUT2D eigenvalue weighted by Crippen LogP contribution is 2.21. The average Bonchev–Trinajstić information content (AvgIpc) is 3.26. The van der Waals surface area contributed by atoms with Crippen molar-refractivity contribution in [2.45, 2.75) is 43.4 Å². The number of benzene rings is 1. The first kappa shape index (κ1) is 25.3. The van der Waals surface area contributed by atoms with E-state index in [1.807, 2.05) is 12.1 Å². The zero-order valence-corrected chi connectivity index (χ0v) is 21.1. The van der Waals surface area contributed by atoms with Crippen molar-refractivity contribution in [1.29, 1.82) is 0 Å². The summed E-state index contributed by atoms with van der Waals surface area (Å²) in [7, 11) is -0.353. The van der Waals surface area contributed by atoms with Crippen molar-refractivity contribution in [3.05, 3.63) is 29.8 Å². The van der Waals surface area contributed by atoms with E-state index in [1.54, 1.807) is 12.1 Å². The van der Waals surface area contributed by atoms with Gasteiger partial charge in [-0.2, -0.15) is 0 Å². The minimum absolute atomic E-state index is 0.